The van der Waals surface area contributed by atoms with Gasteiger partial charge in [0.1, 0.15) is 0 Å². The molecule has 0 saturated heterocycles. The van der Waals surface area contributed by atoms with E-state index in [4.69, 9.17) is 0 Å². The van der Waals surface area contributed by atoms with Crippen LogP contribution in [0.1, 0.15) is 45.4 Å². The molecule has 0 radical (unpaired) electrons. The highest BCUT2D eigenvalue weighted by atomic mass is 16.3. The molecule has 0 spiro atoms. The van der Waals surface area contributed by atoms with Crippen LogP contribution in [0, 0.1) is 5.92 Å². The lowest BCUT2D eigenvalue weighted by atomic mass is 9.94. The molecule has 0 aromatic carbocycles. The zero-order valence-corrected chi connectivity index (χ0v) is 11.8. The Morgan fingerprint density at radius 3 is 2.65 bits per heavy atom. The average molecular weight is 242 g/mol. The number of aliphatic hydroxyl groups is 1. The minimum Gasteiger partial charge on any atom is -0.393 e. The first-order valence-corrected chi connectivity index (χ1v) is 7.17. The predicted molar refractivity (Wildman–Crippen MR) is 73.2 cm³/mol. The molecule has 1 rings (SSSR count). The van der Waals surface area contributed by atoms with Gasteiger partial charge in [0.2, 0.25) is 0 Å². The maximum atomic E-state index is 9.31. The number of hydrogen-bond donors (Lipinski definition) is 2. The van der Waals surface area contributed by atoms with Gasteiger partial charge >= 0.3 is 0 Å². The predicted octanol–water partition coefficient (Wildman–Crippen LogP) is 1.86. The minimum atomic E-state index is -0.174. The van der Waals surface area contributed by atoms with Gasteiger partial charge in [-0.25, -0.2) is 0 Å². The van der Waals surface area contributed by atoms with Gasteiger partial charge in [0, 0.05) is 19.1 Å². The Hall–Kier alpha value is -0.120. The van der Waals surface area contributed by atoms with Crippen molar-refractivity contribution in [2.45, 2.75) is 57.6 Å². The highest BCUT2D eigenvalue weighted by Gasteiger charge is 2.23. The Labute approximate surface area is 107 Å². The van der Waals surface area contributed by atoms with Gasteiger partial charge in [0.25, 0.3) is 0 Å². The van der Waals surface area contributed by atoms with E-state index >= 15 is 0 Å². The Balaban J connectivity index is 2.35. The third kappa shape index (κ3) is 5.84. The van der Waals surface area contributed by atoms with E-state index in [-0.39, 0.29) is 6.10 Å². The Bertz CT molecular complexity index is 197. The topological polar surface area (TPSA) is 35.5 Å². The van der Waals surface area contributed by atoms with E-state index in [1.54, 1.807) is 0 Å². The molecular weight excluding hydrogens is 212 g/mol. The molecule has 0 bridgehead atoms. The molecule has 0 heterocycles. The van der Waals surface area contributed by atoms with Crippen molar-refractivity contribution >= 4 is 0 Å². The Kier molecular flexibility index (Phi) is 7.09. The fourth-order valence-corrected chi connectivity index (χ4v) is 2.88. The molecule has 3 atom stereocenters. The van der Waals surface area contributed by atoms with Gasteiger partial charge in [-0.15, -0.1) is 0 Å². The third-order valence-corrected chi connectivity index (χ3v) is 4.00. The van der Waals surface area contributed by atoms with Gasteiger partial charge in [-0.05, 0) is 46.2 Å². The summed E-state index contributed by atoms with van der Waals surface area (Å²) in [6.45, 7) is 4.04. The molecule has 0 aliphatic heterocycles. The average Bonchev–Trinajstić information content (AvgIpc) is 2.51. The summed E-state index contributed by atoms with van der Waals surface area (Å²) in [4.78, 5) is 2.38. The van der Waals surface area contributed by atoms with Gasteiger partial charge < -0.3 is 15.3 Å². The van der Waals surface area contributed by atoms with Gasteiger partial charge in [-0.1, -0.05) is 19.3 Å². The van der Waals surface area contributed by atoms with Crippen LogP contribution in [-0.2, 0) is 0 Å². The van der Waals surface area contributed by atoms with Crippen molar-refractivity contribution in [3.05, 3.63) is 0 Å². The molecule has 1 fully saturated rings. The van der Waals surface area contributed by atoms with Crippen molar-refractivity contribution in [3.8, 4) is 0 Å². The van der Waals surface area contributed by atoms with Gasteiger partial charge in [-0.3, -0.25) is 0 Å². The number of rotatable bonds is 6. The first-order chi connectivity index (χ1) is 8.13. The van der Waals surface area contributed by atoms with Gasteiger partial charge in [-0.2, -0.15) is 0 Å². The molecule has 0 aromatic rings. The van der Waals surface area contributed by atoms with Crippen LogP contribution in [-0.4, -0.2) is 49.3 Å². The van der Waals surface area contributed by atoms with E-state index in [1.807, 2.05) is 6.92 Å². The largest absolute Gasteiger partial charge is 0.393 e. The zero-order chi connectivity index (χ0) is 12.7. The molecule has 102 valence electrons. The standard InChI is InChI=1S/C14H30N2O/c1-12(17)9-10-16(3)11-13-7-5-4-6-8-14(13)15-2/h12-15,17H,4-11H2,1-3H3. The maximum Gasteiger partial charge on any atom is 0.0524 e. The maximum absolute atomic E-state index is 9.31. The van der Waals surface area contributed by atoms with Crippen molar-refractivity contribution in [1.29, 1.82) is 0 Å². The fourth-order valence-electron chi connectivity index (χ4n) is 2.88. The summed E-state index contributed by atoms with van der Waals surface area (Å²) in [5.74, 6) is 0.779. The molecule has 3 unspecified atom stereocenters. The Morgan fingerprint density at radius 1 is 1.29 bits per heavy atom. The SMILES string of the molecule is CNC1CCCCCC1CN(C)CCC(C)O. The summed E-state index contributed by atoms with van der Waals surface area (Å²) in [6, 6.07) is 0.687. The summed E-state index contributed by atoms with van der Waals surface area (Å²) < 4.78 is 0. The van der Waals surface area contributed by atoms with Crippen LogP contribution in [0.3, 0.4) is 0 Å². The lowest BCUT2D eigenvalue weighted by Gasteiger charge is -2.29. The molecule has 0 amide bonds. The second-order valence-corrected chi connectivity index (χ2v) is 5.69. The highest BCUT2D eigenvalue weighted by molar-refractivity contribution is 4.80. The van der Waals surface area contributed by atoms with Crippen LogP contribution in [0.2, 0.25) is 0 Å². The van der Waals surface area contributed by atoms with Crippen molar-refractivity contribution in [2.75, 3.05) is 27.2 Å². The van der Waals surface area contributed by atoms with Gasteiger partial charge in [0.15, 0.2) is 0 Å². The molecule has 1 aliphatic rings. The van der Waals surface area contributed by atoms with Crippen LogP contribution >= 0.6 is 0 Å². The molecule has 3 nitrogen and oxygen atoms in total. The summed E-state index contributed by atoms with van der Waals surface area (Å²) in [5, 5.41) is 12.8. The molecule has 3 heteroatoms. The third-order valence-electron chi connectivity index (χ3n) is 4.00. The first kappa shape index (κ1) is 14.9. The van der Waals surface area contributed by atoms with Crippen LogP contribution in [0.4, 0.5) is 0 Å². The first-order valence-electron chi connectivity index (χ1n) is 7.17. The quantitative estimate of drug-likeness (QED) is 0.698. The summed E-state index contributed by atoms with van der Waals surface area (Å²) in [5.41, 5.74) is 0. The molecule has 0 aromatic heterocycles. The van der Waals surface area contributed by atoms with E-state index < -0.39 is 0 Å². The summed E-state index contributed by atoms with van der Waals surface area (Å²) in [6.07, 6.45) is 7.54. The molecule has 1 saturated carbocycles. The van der Waals surface area contributed by atoms with Crippen LogP contribution in [0.15, 0.2) is 0 Å². The molecule has 2 N–H and O–H groups in total. The lowest BCUT2D eigenvalue weighted by Crippen LogP contribution is -2.39. The number of nitrogens with zero attached hydrogens (tertiary/aromatic N) is 1. The zero-order valence-electron chi connectivity index (χ0n) is 11.8. The normalized spacial score (nSPS) is 28.1. The monoisotopic (exact) mass is 242 g/mol. The van der Waals surface area contributed by atoms with E-state index in [2.05, 4.69) is 24.3 Å². The van der Waals surface area contributed by atoms with E-state index in [1.165, 1.54) is 32.1 Å². The summed E-state index contributed by atoms with van der Waals surface area (Å²) in [7, 11) is 4.28. The van der Waals surface area contributed by atoms with Crippen molar-refractivity contribution < 1.29 is 5.11 Å². The van der Waals surface area contributed by atoms with Crippen LogP contribution in [0.5, 0.6) is 0 Å². The fraction of sp³-hybridized carbons (Fsp3) is 1.00. The van der Waals surface area contributed by atoms with Gasteiger partial charge in [0.05, 0.1) is 6.10 Å². The number of nitrogens with one attached hydrogen (secondary N) is 1. The number of aliphatic hydroxyl groups excluding tert-OH is 1. The van der Waals surface area contributed by atoms with Crippen molar-refractivity contribution in [2.24, 2.45) is 5.92 Å². The minimum absolute atomic E-state index is 0.174. The lowest BCUT2D eigenvalue weighted by molar-refractivity contribution is 0.153. The highest BCUT2D eigenvalue weighted by Crippen LogP contribution is 2.24. The molecular formula is C14H30N2O. The van der Waals surface area contributed by atoms with Crippen LogP contribution < -0.4 is 5.32 Å². The van der Waals surface area contributed by atoms with Crippen LogP contribution in [0.25, 0.3) is 0 Å². The van der Waals surface area contributed by atoms with E-state index in [9.17, 15) is 5.11 Å². The molecule has 17 heavy (non-hydrogen) atoms. The van der Waals surface area contributed by atoms with E-state index in [0.717, 1.165) is 25.4 Å². The number of hydrogen-bond acceptors (Lipinski definition) is 3. The second-order valence-electron chi connectivity index (χ2n) is 5.69. The van der Waals surface area contributed by atoms with Crippen molar-refractivity contribution in [3.63, 3.8) is 0 Å². The second kappa shape index (κ2) is 8.06. The Morgan fingerprint density at radius 2 is 2.00 bits per heavy atom. The van der Waals surface area contributed by atoms with Crippen molar-refractivity contribution in [1.82, 2.24) is 10.2 Å². The summed E-state index contributed by atoms with van der Waals surface area (Å²) >= 11 is 0. The van der Waals surface area contributed by atoms with E-state index in [0.29, 0.717) is 6.04 Å². The smallest absolute Gasteiger partial charge is 0.0524 e. The molecule has 1 aliphatic carbocycles.